The van der Waals surface area contributed by atoms with E-state index in [0.717, 1.165) is 16.7 Å². The van der Waals surface area contributed by atoms with Crippen LogP contribution < -0.4 is 0 Å². The number of fused-ring (bicyclic) bond motifs is 1. The Morgan fingerprint density at radius 1 is 0.810 bits per heavy atom. The topological polar surface area (TPSA) is 20.2 Å². The molecule has 0 saturated heterocycles. The normalized spacial score (nSPS) is 11.3. The number of benzene rings is 3. The van der Waals surface area contributed by atoms with E-state index in [4.69, 9.17) is 0 Å². The summed E-state index contributed by atoms with van der Waals surface area (Å²) >= 11 is 0. The van der Waals surface area contributed by atoms with Gasteiger partial charge in [0.2, 0.25) is 0 Å². The van der Waals surface area contributed by atoms with Crippen molar-refractivity contribution in [1.29, 1.82) is 0 Å². The van der Waals surface area contributed by atoms with E-state index in [0.29, 0.717) is 5.75 Å². The SMILES string of the molecule is Cc1cc(/C=C/c2cccc3ccccc23)cc(C)c1O. The fraction of sp³-hybridized carbons (Fsp3) is 0.100. The third-order valence-corrected chi connectivity index (χ3v) is 3.79. The largest absolute Gasteiger partial charge is 0.507 e. The first-order valence-electron chi connectivity index (χ1n) is 7.11. The highest BCUT2D eigenvalue weighted by Crippen LogP contribution is 2.25. The number of aromatic hydroxyl groups is 1. The minimum absolute atomic E-state index is 0.386. The molecule has 3 aromatic carbocycles. The fourth-order valence-electron chi connectivity index (χ4n) is 2.67. The van der Waals surface area contributed by atoms with Crippen molar-refractivity contribution < 1.29 is 5.11 Å². The molecule has 0 aliphatic rings. The molecule has 0 fully saturated rings. The van der Waals surface area contributed by atoms with Crippen LogP contribution >= 0.6 is 0 Å². The standard InChI is InChI=1S/C20H18O/c1-14-12-16(13-15(2)20(14)21)10-11-18-8-5-7-17-6-3-4-9-19(17)18/h3-13,21H,1-2H3/b11-10+. The Labute approximate surface area is 125 Å². The highest BCUT2D eigenvalue weighted by atomic mass is 16.3. The third kappa shape index (κ3) is 2.68. The molecule has 0 aromatic heterocycles. The molecule has 0 spiro atoms. The van der Waals surface area contributed by atoms with Gasteiger partial charge in [-0.1, -0.05) is 54.6 Å². The van der Waals surface area contributed by atoms with E-state index in [1.54, 1.807) is 0 Å². The van der Waals surface area contributed by atoms with Gasteiger partial charge in [-0.2, -0.15) is 0 Å². The Bertz CT molecular complexity index is 800. The number of phenols is 1. The van der Waals surface area contributed by atoms with E-state index in [2.05, 4.69) is 54.6 Å². The van der Waals surface area contributed by atoms with Gasteiger partial charge < -0.3 is 5.11 Å². The zero-order valence-corrected chi connectivity index (χ0v) is 12.3. The molecule has 0 amide bonds. The van der Waals surface area contributed by atoms with E-state index >= 15 is 0 Å². The van der Waals surface area contributed by atoms with E-state index < -0.39 is 0 Å². The van der Waals surface area contributed by atoms with Crippen LogP contribution in [0.1, 0.15) is 22.3 Å². The van der Waals surface area contributed by atoms with Gasteiger partial charge >= 0.3 is 0 Å². The summed E-state index contributed by atoms with van der Waals surface area (Å²) in [5.41, 5.74) is 4.13. The molecule has 0 atom stereocenters. The fourth-order valence-corrected chi connectivity index (χ4v) is 2.67. The second kappa shape index (κ2) is 5.45. The Balaban J connectivity index is 2.02. The van der Waals surface area contributed by atoms with Crippen LogP contribution in [0.25, 0.3) is 22.9 Å². The predicted octanol–water partition coefficient (Wildman–Crippen LogP) is 5.33. The zero-order valence-electron chi connectivity index (χ0n) is 12.3. The van der Waals surface area contributed by atoms with Crippen LogP contribution in [0.2, 0.25) is 0 Å². The number of aryl methyl sites for hydroxylation is 2. The molecule has 1 N–H and O–H groups in total. The highest BCUT2D eigenvalue weighted by molar-refractivity contribution is 5.92. The van der Waals surface area contributed by atoms with Crippen molar-refractivity contribution in [3.8, 4) is 5.75 Å². The smallest absolute Gasteiger partial charge is 0.121 e. The van der Waals surface area contributed by atoms with Crippen LogP contribution in [0.4, 0.5) is 0 Å². The van der Waals surface area contributed by atoms with Gasteiger partial charge in [-0.15, -0.1) is 0 Å². The Morgan fingerprint density at radius 2 is 1.48 bits per heavy atom. The van der Waals surface area contributed by atoms with E-state index in [-0.39, 0.29) is 0 Å². The summed E-state index contributed by atoms with van der Waals surface area (Å²) in [7, 11) is 0. The summed E-state index contributed by atoms with van der Waals surface area (Å²) < 4.78 is 0. The van der Waals surface area contributed by atoms with Gasteiger partial charge in [-0.05, 0) is 59.0 Å². The lowest BCUT2D eigenvalue weighted by Crippen LogP contribution is -1.83. The summed E-state index contributed by atoms with van der Waals surface area (Å²) in [5.74, 6) is 0.386. The third-order valence-electron chi connectivity index (χ3n) is 3.79. The Morgan fingerprint density at radius 3 is 2.24 bits per heavy atom. The maximum absolute atomic E-state index is 9.83. The van der Waals surface area contributed by atoms with E-state index in [9.17, 15) is 5.11 Å². The van der Waals surface area contributed by atoms with Crippen molar-refractivity contribution in [2.45, 2.75) is 13.8 Å². The molecule has 0 bridgehead atoms. The number of hydrogen-bond donors (Lipinski definition) is 1. The first kappa shape index (κ1) is 13.4. The lowest BCUT2D eigenvalue weighted by molar-refractivity contribution is 0.467. The van der Waals surface area contributed by atoms with Crippen LogP contribution in [0.3, 0.4) is 0 Å². The Kier molecular flexibility index (Phi) is 3.49. The van der Waals surface area contributed by atoms with Gasteiger partial charge in [-0.3, -0.25) is 0 Å². The average molecular weight is 274 g/mol. The molecular weight excluding hydrogens is 256 g/mol. The van der Waals surface area contributed by atoms with Crippen LogP contribution in [0.5, 0.6) is 5.75 Å². The molecule has 0 unspecified atom stereocenters. The molecule has 0 saturated carbocycles. The van der Waals surface area contributed by atoms with Gasteiger partial charge in [0.15, 0.2) is 0 Å². The second-order valence-corrected chi connectivity index (χ2v) is 5.41. The van der Waals surface area contributed by atoms with Crippen LogP contribution in [0.15, 0.2) is 54.6 Å². The van der Waals surface area contributed by atoms with Crippen LogP contribution in [-0.2, 0) is 0 Å². The predicted molar refractivity (Wildman–Crippen MR) is 90.5 cm³/mol. The minimum Gasteiger partial charge on any atom is -0.507 e. The van der Waals surface area contributed by atoms with E-state index in [1.807, 2.05) is 26.0 Å². The molecule has 1 heteroatoms. The summed E-state index contributed by atoms with van der Waals surface area (Å²) in [6.07, 6.45) is 4.23. The quantitative estimate of drug-likeness (QED) is 0.626. The number of hydrogen-bond acceptors (Lipinski definition) is 1. The molecule has 21 heavy (non-hydrogen) atoms. The molecule has 0 heterocycles. The molecule has 1 nitrogen and oxygen atoms in total. The molecule has 0 aliphatic heterocycles. The molecule has 104 valence electrons. The highest BCUT2D eigenvalue weighted by Gasteiger charge is 2.02. The molecule has 0 aliphatic carbocycles. The van der Waals surface area contributed by atoms with Crippen molar-refractivity contribution in [2.75, 3.05) is 0 Å². The number of phenolic OH excluding ortho intramolecular Hbond substituents is 1. The zero-order chi connectivity index (χ0) is 14.8. The molecule has 3 aromatic rings. The molecule has 3 rings (SSSR count). The van der Waals surface area contributed by atoms with Crippen molar-refractivity contribution in [3.05, 3.63) is 76.9 Å². The van der Waals surface area contributed by atoms with Gasteiger partial charge in [0.25, 0.3) is 0 Å². The summed E-state index contributed by atoms with van der Waals surface area (Å²) in [5, 5.41) is 12.3. The molecule has 0 radical (unpaired) electrons. The van der Waals surface area contributed by atoms with Crippen LogP contribution in [0, 0.1) is 13.8 Å². The second-order valence-electron chi connectivity index (χ2n) is 5.41. The lowest BCUT2D eigenvalue weighted by atomic mass is 10.0. The van der Waals surface area contributed by atoms with E-state index in [1.165, 1.54) is 16.3 Å². The molecular formula is C20H18O. The van der Waals surface area contributed by atoms with Gasteiger partial charge in [-0.25, -0.2) is 0 Å². The average Bonchev–Trinajstić information content (AvgIpc) is 2.50. The maximum atomic E-state index is 9.83. The summed E-state index contributed by atoms with van der Waals surface area (Å²) in [4.78, 5) is 0. The summed E-state index contributed by atoms with van der Waals surface area (Å²) in [6, 6.07) is 18.7. The van der Waals surface area contributed by atoms with Crippen molar-refractivity contribution >= 4 is 22.9 Å². The maximum Gasteiger partial charge on any atom is 0.121 e. The van der Waals surface area contributed by atoms with Crippen molar-refractivity contribution in [3.63, 3.8) is 0 Å². The lowest BCUT2D eigenvalue weighted by Gasteiger charge is -2.05. The number of rotatable bonds is 2. The Hall–Kier alpha value is -2.54. The van der Waals surface area contributed by atoms with Gasteiger partial charge in [0.1, 0.15) is 5.75 Å². The van der Waals surface area contributed by atoms with Crippen molar-refractivity contribution in [1.82, 2.24) is 0 Å². The monoisotopic (exact) mass is 274 g/mol. The van der Waals surface area contributed by atoms with Crippen LogP contribution in [-0.4, -0.2) is 5.11 Å². The minimum atomic E-state index is 0.386. The summed E-state index contributed by atoms with van der Waals surface area (Å²) in [6.45, 7) is 3.86. The van der Waals surface area contributed by atoms with Gasteiger partial charge in [0, 0.05) is 0 Å². The first-order valence-corrected chi connectivity index (χ1v) is 7.11. The van der Waals surface area contributed by atoms with Gasteiger partial charge in [0.05, 0.1) is 0 Å². The first-order chi connectivity index (χ1) is 10.1. The van der Waals surface area contributed by atoms with Crippen molar-refractivity contribution in [2.24, 2.45) is 0 Å².